The highest BCUT2D eigenvalue weighted by Gasteiger charge is 2.35. The summed E-state index contributed by atoms with van der Waals surface area (Å²) in [6, 6.07) is 0. The highest BCUT2D eigenvalue weighted by molar-refractivity contribution is 5.89. The van der Waals surface area contributed by atoms with Crippen LogP contribution in [0.2, 0.25) is 0 Å². The van der Waals surface area contributed by atoms with Crippen molar-refractivity contribution in [3.05, 3.63) is 21.8 Å². The van der Waals surface area contributed by atoms with E-state index in [0.29, 0.717) is 17.5 Å². The average molecular weight is 265 g/mol. The number of aromatic nitrogens is 1. The van der Waals surface area contributed by atoms with Gasteiger partial charge in [0.05, 0.1) is 7.11 Å². The number of aromatic amines is 1. The number of methoxy groups -OCH3 is 1. The maximum absolute atomic E-state index is 11.5. The molecule has 1 aromatic rings. The summed E-state index contributed by atoms with van der Waals surface area (Å²) in [5.41, 5.74) is 1.61. The minimum atomic E-state index is -0.280. The first-order valence-electron chi connectivity index (χ1n) is 7.21. The summed E-state index contributed by atoms with van der Waals surface area (Å²) in [6.07, 6.45) is 5.77. The molecule has 108 valence electrons. The van der Waals surface area contributed by atoms with E-state index in [2.05, 4.69) is 17.1 Å². The zero-order valence-corrected chi connectivity index (χ0v) is 12.8. The van der Waals surface area contributed by atoms with E-state index in [0.717, 1.165) is 10.9 Å². The van der Waals surface area contributed by atoms with Crippen LogP contribution in [-0.4, -0.2) is 18.1 Å². The Morgan fingerprint density at radius 3 is 2.42 bits per heavy atom. The van der Waals surface area contributed by atoms with Crippen molar-refractivity contribution in [3.63, 3.8) is 0 Å². The van der Waals surface area contributed by atoms with Crippen molar-refractivity contribution < 1.29 is 11.0 Å². The van der Waals surface area contributed by atoms with Gasteiger partial charge in [0, 0.05) is 6.78 Å². The first kappa shape index (κ1) is 15.5. The minimum Gasteiger partial charge on any atom is -0.464 e. The first-order chi connectivity index (χ1) is 9.20. The van der Waals surface area contributed by atoms with Gasteiger partial charge < -0.3 is 9.72 Å². The van der Waals surface area contributed by atoms with Crippen LogP contribution in [0.5, 0.6) is 0 Å². The molecular weight excluding hydrogens is 238 g/mol. The SMILES string of the molecule is CC.CC.COC(=O)c1[nH]c2c(c1C)=CC1CC1C=2.[HH]. The molecule has 0 saturated heterocycles. The second-order valence-corrected chi connectivity index (χ2v) is 4.34. The zero-order valence-electron chi connectivity index (χ0n) is 12.8. The van der Waals surface area contributed by atoms with E-state index in [1.807, 2.05) is 34.6 Å². The van der Waals surface area contributed by atoms with E-state index in [9.17, 15) is 4.79 Å². The van der Waals surface area contributed by atoms with E-state index in [-0.39, 0.29) is 7.40 Å². The monoisotopic (exact) mass is 265 g/mol. The van der Waals surface area contributed by atoms with E-state index in [1.54, 1.807) is 0 Å². The predicted octanol–water partition coefficient (Wildman–Crippen LogP) is 2.62. The number of esters is 1. The third kappa shape index (κ3) is 2.91. The molecule has 1 fully saturated rings. The van der Waals surface area contributed by atoms with E-state index in [1.165, 1.54) is 18.7 Å². The summed E-state index contributed by atoms with van der Waals surface area (Å²) in [4.78, 5) is 14.6. The maximum Gasteiger partial charge on any atom is 0.354 e. The van der Waals surface area contributed by atoms with Gasteiger partial charge in [-0.1, -0.05) is 39.8 Å². The molecule has 1 N–H and O–H groups in total. The van der Waals surface area contributed by atoms with Crippen molar-refractivity contribution in [2.75, 3.05) is 7.11 Å². The summed E-state index contributed by atoms with van der Waals surface area (Å²) in [5, 5.41) is 2.28. The lowest BCUT2D eigenvalue weighted by molar-refractivity contribution is 0.0594. The van der Waals surface area contributed by atoms with Crippen LogP contribution in [0.1, 0.15) is 51.6 Å². The van der Waals surface area contributed by atoms with Crippen molar-refractivity contribution >= 4 is 18.1 Å². The Morgan fingerprint density at radius 2 is 1.84 bits per heavy atom. The summed E-state index contributed by atoms with van der Waals surface area (Å²) in [6.45, 7) is 9.97. The second-order valence-electron chi connectivity index (χ2n) is 4.34. The average Bonchev–Trinajstić information content (AvgIpc) is 3.17. The Labute approximate surface area is 116 Å². The molecule has 3 heteroatoms. The highest BCUT2D eigenvalue weighted by Crippen LogP contribution is 2.41. The van der Waals surface area contributed by atoms with Gasteiger partial charge in [0.25, 0.3) is 0 Å². The van der Waals surface area contributed by atoms with Gasteiger partial charge >= 0.3 is 5.97 Å². The summed E-state index contributed by atoms with van der Waals surface area (Å²) >= 11 is 0. The Balaban J connectivity index is 0.000000667. The van der Waals surface area contributed by atoms with Crippen molar-refractivity contribution in [2.24, 2.45) is 11.8 Å². The van der Waals surface area contributed by atoms with Gasteiger partial charge in [0.1, 0.15) is 5.69 Å². The molecule has 19 heavy (non-hydrogen) atoms. The van der Waals surface area contributed by atoms with E-state index in [4.69, 9.17) is 4.74 Å². The summed E-state index contributed by atoms with van der Waals surface area (Å²) in [7, 11) is 1.41. The fourth-order valence-electron chi connectivity index (χ4n) is 2.33. The Morgan fingerprint density at radius 1 is 1.26 bits per heavy atom. The third-order valence-electron chi connectivity index (χ3n) is 3.37. The number of nitrogens with one attached hydrogen (secondary N) is 1. The van der Waals surface area contributed by atoms with Crippen LogP contribution in [-0.2, 0) is 4.74 Å². The molecule has 3 nitrogen and oxygen atoms in total. The lowest BCUT2D eigenvalue weighted by atomic mass is 10.1. The van der Waals surface area contributed by atoms with Crippen LogP contribution in [0, 0.1) is 18.8 Å². The molecule has 0 bridgehead atoms. The van der Waals surface area contributed by atoms with Crippen molar-refractivity contribution in [3.8, 4) is 0 Å². The molecule has 2 atom stereocenters. The van der Waals surface area contributed by atoms with Crippen LogP contribution in [0.15, 0.2) is 0 Å². The number of rotatable bonds is 1. The van der Waals surface area contributed by atoms with Gasteiger partial charge in [0.15, 0.2) is 0 Å². The van der Waals surface area contributed by atoms with Crippen molar-refractivity contribution in [1.29, 1.82) is 0 Å². The Bertz CT molecular complexity index is 560. The molecule has 1 aromatic heterocycles. The number of carbonyl (C=O) groups excluding carboxylic acids is 1. The normalized spacial score (nSPS) is 20.9. The highest BCUT2D eigenvalue weighted by atomic mass is 16.5. The van der Waals surface area contributed by atoms with Gasteiger partial charge in [-0.15, -0.1) is 0 Å². The quantitative estimate of drug-likeness (QED) is 0.793. The van der Waals surface area contributed by atoms with Gasteiger partial charge in [-0.2, -0.15) is 0 Å². The first-order valence-corrected chi connectivity index (χ1v) is 7.21. The van der Waals surface area contributed by atoms with Gasteiger partial charge in [0.2, 0.25) is 0 Å². The number of ether oxygens (including phenoxy) is 1. The lowest BCUT2D eigenvalue weighted by Crippen LogP contribution is -2.26. The number of H-pyrrole nitrogens is 1. The fourth-order valence-corrected chi connectivity index (χ4v) is 2.33. The molecular formula is C16H27NO2. The van der Waals surface area contributed by atoms with Crippen LogP contribution in [0.4, 0.5) is 0 Å². The van der Waals surface area contributed by atoms with Crippen molar-refractivity contribution in [2.45, 2.75) is 41.0 Å². The van der Waals surface area contributed by atoms with E-state index >= 15 is 0 Å². The van der Waals surface area contributed by atoms with Gasteiger partial charge in [-0.3, -0.25) is 0 Å². The molecule has 0 aliphatic heterocycles. The standard InChI is InChI=1S/C12H13NO2.2C2H6.H2/c1-6-9-4-7-3-8(7)5-10(9)13-11(6)12(14)15-2;2*1-2;/h4-5,7-8,13H,3H2,1-2H3;2*1-2H3;1H. The third-order valence-corrected chi connectivity index (χ3v) is 3.37. The predicted molar refractivity (Wildman–Crippen MR) is 81.5 cm³/mol. The molecule has 1 saturated carbocycles. The van der Waals surface area contributed by atoms with Crippen molar-refractivity contribution in [1.82, 2.24) is 4.98 Å². The number of fused-ring (bicyclic) bond motifs is 2. The molecule has 2 aliphatic rings. The number of carbonyl (C=O) groups is 1. The van der Waals surface area contributed by atoms with Gasteiger partial charge in [-0.05, 0) is 36.0 Å². The molecule has 3 rings (SSSR count). The Hall–Kier alpha value is -1.51. The smallest absolute Gasteiger partial charge is 0.354 e. The van der Waals surface area contributed by atoms with E-state index < -0.39 is 0 Å². The number of hydrogen-bond acceptors (Lipinski definition) is 2. The molecule has 0 spiro atoms. The molecule has 0 amide bonds. The molecule has 0 radical (unpaired) electrons. The molecule has 0 aromatic carbocycles. The number of hydrogen-bond donors (Lipinski definition) is 1. The fraction of sp³-hybridized carbons (Fsp3) is 0.562. The van der Waals surface area contributed by atoms with Gasteiger partial charge in [-0.25, -0.2) is 4.79 Å². The van der Waals surface area contributed by atoms with Crippen LogP contribution >= 0.6 is 0 Å². The Kier molecular flexibility index (Phi) is 5.40. The summed E-state index contributed by atoms with van der Waals surface area (Å²) in [5.74, 6) is 1.12. The maximum atomic E-state index is 11.5. The molecule has 2 aliphatic carbocycles. The second kappa shape index (κ2) is 6.60. The zero-order chi connectivity index (χ0) is 14.6. The molecule has 2 unspecified atom stereocenters. The topological polar surface area (TPSA) is 42.1 Å². The molecule has 1 heterocycles. The van der Waals surface area contributed by atoms with Crippen LogP contribution < -0.4 is 10.6 Å². The van der Waals surface area contributed by atoms with Crippen LogP contribution in [0.25, 0.3) is 12.2 Å². The van der Waals surface area contributed by atoms with Crippen LogP contribution in [0.3, 0.4) is 0 Å². The largest absolute Gasteiger partial charge is 0.464 e. The minimum absolute atomic E-state index is 0. The summed E-state index contributed by atoms with van der Waals surface area (Å²) < 4.78 is 4.73. The lowest BCUT2D eigenvalue weighted by Gasteiger charge is -1.96.